The highest BCUT2D eigenvalue weighted by atomic mass is 19.4. The number of pyridine rings is 1. The van der Waals surface area contributed by atoms with Crippen molar-refractivity contribution in [2.75, 3.05) is 0 Å². The van der Waals surface area contributed by atoms with Crippen molar-refractivity contribution in [2.24, 2.45) is 0 Å². The first-order valence-corrected chi connectivity index (χ1v) is 7.99. The molecular formula is C20H14F4N2O. The molecule has 0 atom stereocenters. The fourth-order valence-electron chi connectivity index (χ4n) is 2.49. The average molecular weight is 374 g/mol. The zero-order valence-corrected chi connectivity index (χ0v) is 13.9. The second-order valence-corrected chi connectivity index (χ2v) is 5.82. The predicted molar refractivity (Wildman–Crippen MR) is 92.2 cm³/mol. The summed E-state index contributed by atoms with van der Waals surface area (Å²) in [5.41, 5.74) is 0.791. The molecule has 1 N–H and O–H groups in total. The molecule has 0 aliphatic rings. The average Bonchev–Trinajstić information content (AvgIpc) is 2.66. The van der Waals surface area contributed by atoms with Crippen LogP contribution in [0.5, 0.6) is 0 Å². The van der Waals surface area contributed by atoms with Gasteiger partial charge >= 0.3 is 6.18 Å². The Morgan fingerprint density at radius 3 is 2.41 bits per heavy atom. The first kappa shape index (κ1) is 18.6. The van der Waals surface area contributed by atoms with Gasteiger partial charge in [-0.1, -0.05) is 24.3 Å². The van der Waals surface area contributed by atoms with Crippen LogP contribution < -0.4 is 5.32 Å². The monoisotopic (exact) mass is 374 g/mol. The molecule has 0 aliphatic carbocycles. The van der Waals surface area contributed by atoms with Gasteiger partial charge in [0.05, 0.1) is 11.3 Å². The highest BCUT2D eigenvalue weighted by Crippen LogP contribution is 2.31. The minimum absolute atomic E-state index is 0.160. The Kier molecular flexibility index (Phi) is 5.21. The number of alkyl halides is 3. The van der Waals surface area contributed by atoms with Crippen LogP contribution in [0.1, 0.15) is 21.5 Å². The van der Waals surface area contributed by atoms with Crippen LogP contribution in [0.3, 0.4) is 0 Å². The number of benzene rings is 2. The second kappa shape index (κ2) is 7.57. The van der Waals surface area contributed by atoms with Gasteiger partial charge in [-0.2, -0.15) is 13.2 Å². The third kappa shape index (κ3) is 4.69. The van der Waals surface area contributed by atoms with Crippen molar-refractivity contribution in [1.29, 1.82) is 0 Å². The lowest BCUT2D eigenvalue weighted by molar-refractivity contribution is -0.137. The Labute approximate surface area is 152 Å². The van der Waals surface area contributed by atoms with Crippen LogP contribution in [0.25, 0.3) is 11.3 Å². The summed E-state index contributed by atoms with van der Waals surface area (Å²) in [5.74, 6) is -0.762. The number of carbonyl (C=O) groups is 1. The zero-order chi connectivity index (χ0) is 19.4. The molecule has 0 aliphatic heterocycles. The van der Waals surface area contributed by atoms with Gasteiger partial charge in [0.1, 0.15) is 5.82 Å². The molecule has 3 nitrogen and oxygen atoms in total. The van der Waals surface area contributed by atoms with E-state index in [1.807, 2.05) is 0 Å². The predicted octanol–water partition coefficient (Wildman–Crippen LogP) is 4.84. The van der Waals surface area contributed by atoms with Crippen LogP contribution >= 0.6 is 0 Å². The molecule has 0 saturated carbocycles. The maximum Gasteiger partial charge on any atom is 0.416 e. The normalized spacial score (nSPS) is 11.3. The Hall–Kier alpha value is -3.22. The Bertz CT molecular complexity index is 953. The fraction of sp³-hybridized carbons (Fsp3) is 0.100. The van der Waals surface area contributed by atoms with Gasteiger partial charge < -0.3 is 5.32 Å². The van der Waals surface area contributed by atoms with Gasteiger partial charge in [0.25, 0.3) is 5.91 Å². The summed E-state index contributed by atoms with van der Waals surface area (Å²) >= 11 is 0. The number of nitrogens with one attached hydrogen (secondary N) is 1. The van der Waals surface area contributed by atoms with Crippen LogP contribution in [0, 0.1) is 5.82 Å². The fourth-order valence-corrected chi connectivity index (χ4v) is 2.49. The van der Waals surface area contributed by atoms with Gasteiger partial charge in [-0.3, -0.25) is 9.78 Å². The summed E-state index contributed by atoms with van der Waals surface area (Å²) in [6.07, 6.45) is -3.35. The number of rotatable bonds is 4. The Balaban J connectivity index is 1.70. The highest BCUT2D eigenvalue weighted by Gasteiger charge is 2.30. The van der Waals surface area contributed by atoms with Gasteiger partial charge in [-0.05, 0) is 42.0 Å². The van der Waals surface area contributed by atoms with Crippen LogP contribution in [0.4, 0.5) is 17.6 Å². The quantitative estimate of drug-likeness (QED) is 0.664. The number of hydrogen-bond donors (Lipinski definition) is 1. The number of carbonyl (C=O) groups excluding carboxylic acids is 1. The molecule has 3 aromatic rings. The van der Waals surface area contributed by atoms with Gasteiger partial charge in [-0.25, -0.2) is 4.39 Å². The molecule has 0 spiro atoms. The van der Waals surface area contributed by atoms with Gasteiger partial charge in [-0.15, -0.1) is 0 Å². The number of amides is 1. The maximum absolute atomic E-state index is 13.1. The van der Waals surface area contributed by atoms with Crippen LogP contribution in [0.2, 0.25) is 0 Å². The second-order valence-electron chi connectivity index (χ2n) is 5.82. The van der Waals surface area contributed by atoms with Crippen LogP contribution in [-0.4, -0.2) is 10.9 Å². The standard InChI is InChI=1S/C20H14F4N2O/c21-17-3-1-2-13(10-17)12-26-19(27)15-6-4-14(5-7-15)18-11-16(8-9-25-18)20(22,23)24/h1-11H,12H2,(H,26,27). The summed E-state index contributed by atoms with van der Waals surface area (Å²) in [4.78, 5) is 16.1. The largest absolute Gasteiger partial charge is 0.416 e. The molecular weight excluding hydrogens is 360 g/mol. The maximum atomic E-state index is 13.1. The van der Waals surface area contributed by atoms with E-state index in [4.69, 9.17) is 0 Å². The van der Waals surface area contributed by atoms with Gasteiger partial charge in [0.15, 0.2) is 0 Å². The molecule has 1 amide bonds. The van der Waals surface area contributed by atoms with E-state index < -0.39 is 11.7 Å². The van der Waals surface area contributed by atoms with E-state index in [2.05, 4.69) is 10.3 Å². The van der Waals surface area contributed by atoms with E-state index in [0.717, 1.165) is 18.3 Å². The third-order valence-electron chi connectivity index (χ3n) is 3.87. The molecule has 27 heavy (non-hydrogen) atoms. The van der Waals surface area contributed by atoms with Crippen molar-refractivity contribution in [3.8, 4) is 11.3 Å². The number of hydrogen-bond acceptors (Lipinski definition) is 2. The van der Waals surface area contributed by atoms with Crippen molar-refractivity contribution in [1.82, 2.24) is 10.3 Å². The van der Waals surface area contributed by atoms with E-state index in [0.29, 0.717) is 16.7 Å². The van der Waals surface area contributed by atoms with E-state index >= 15 is 0 Å². The van der Waals surface area contributed by atoms with Crippen molar-refractivity contribution in [2.45, 2.75) is 12.7 Å². The van der Waals surface area contributed by atoms with E-state index in [1.54, 1.807) is 12.1 Å². The van der Waals surface area contributed by atoms with Crippen molar-refractivity contribution in [3.63, 3.8) is 0 Å². The molecule has 1 aromatic heterocycles. The molecule has 0 unspecified atom stereocenters. The zero-order valence-electron chi connectivity index (χ0n) is 13.9. The van der Waals surface area contributed by atoms with E-state index in [-0.39, 0.29) is 24.0 Å². The topological polar surface area (TPSA) is 42.0 Å². The molecule has 2 aromatic carbocycles. The summed E-state index contributed by atoms with van der Waals surface area (Å²) in [6.45, 7) is 0.160. The van der Waals surface area contributed by atoms with Gasteiger partial charge in [0.2, 0.25) is 0 Å². The molecule has 0 bridgehead atoms. The lowest BCUT2D eigenvalue weighted by Crippen LogP contribution is -2.22. The molecule has 0 fully saturated rings. The van der Waals surface area contributed by atoms with Crippen molar-refractivity contribution >= 4 is 5.91 Å². The minimum Gasteiger partial charge on any atom is -0.348 e. The van der Waals surface area contributed by atoms with Crippen LogP contribution in [-0.2, 0) is 12.7 Å². The van der Waals surface area contributed by atoms with E-state index in [9.17, 15) is 22.4 Å². The lowest BCUT2D eigenvalue weighted by atomic mass is 10.1. The smallest absolute Gasteiger partial charge is 0.348 e. The SMILES string of the molecule is O=C(NCc1cccc(F)c1)c1ccc(-c2cc(C(F)(F)F)ccn2)cc1. The third-order valence-corrected chi connectivity index (χ3v) is 3.87. The highest BCUT2D eigenvalue weighted by molar-refractivity contribution is 5.94. The van der Waals surface area contributed by atoms with Gasteiger partial charge in [0, 0.05) is 23.9 Å². The Morgan fingerprint density at radius 1 is 1.00 bits per heavy atom. The summed E-state index contributed by atoms with van der Waals surface area (Å²) in [5, 5.41) is 2.66. The summed E-state index contributed by atoms with van der Waals surface area (Å²) < 4.78 is 51.5. The molecule has 7 heteroatoms. The Morgan fingerprint density at radius 2 is 1.74 bits per heavy atom. The first-order valence-electron chi connectivity index (χ1n) is 7.99. The summed E-state index contributed by atoms with van der Waals surface area (Å²) in [6, 6.07) is 13.8. The van der Waals surface area contributed by atoms with E-state index in [1.165, 1.54) is 36.4 Å². The van der Waals surface area contributed by atoms with Crippen molar-refractivity contribution < 1.29 is 22.4 Å². The summed E-state index contributed by atoms with van der Waals surface area (Å²) in [7, 11) is 0. The van der Waals surface area contributed by atoms with Crippen LogP contribution in [0.15, 0.2) is 66.9 Å². The lowest BCUT2D eigenvalue weighted by Gasteiger charge is -2.09. The number of aromatic nitrogens is 1. The molecule has 3 rings (SSSR count). The molecule has 0 saturated heterocycles. The number of halogens is 4. The molecule has 0 radical (unpaired) electrons. The molecule has 138 valence electrons. The molecule has 1 heterocycles. The number of nitrogens with zero attached hydrogens (tertiary/aromatic N) is 1. The first-order chi connectivity index (χ1) is 12.8. The minimum atomic E-state index is -4.45. The van der Waals surface area contributed by atoms with Crippen molar-refractivity contribution in [3.05, 3.63) is 89.4 Å².